The first-order valence-electron chi connectivity index (χ1n) is 10.5. The van der Waals surface area contributed by atoms with E-state index in [1.54, 1.807) is 0 Å². The molecule has 3 N–H and O–H groups in total. The molecule has 31 heavy (non-hydrogen) atoms. The monoisotopic (exact) mass is 424 g/mol. The quantitative estimate of drug-likeness (QED) is 0.587. The molecule has 2 aliphatic heterocycles. The molecule has 0 spiro atoms. The summed E-state index contributed by atoms with van der Waals surface area (Å²) in [5.41, 5.74) is 1.78. The Morgan fingerprint density at radius 2 is 1.81 bits per heavy atom. The van der Waals surface area contributed by atoms with Gasteiger partial charge in [0.05, 0.1) is 12.0 Å². The van der Waals surface area contributed by atoms with Gasteiger partial charge < -0.3 is 24.8 Å². The summed E-state index contributed by atoms with van der Waals surface area (Å²) in [7, 11) is 0. The van der Waals surface area contributed by atoms with Gasteiger partial charge in [0.25, 0.3) is 0 Å². The van der Waals surface area contributed by atoms with E-state index in [9.17, 15) is 20.1 Å². The van der Waals surface area contributed by atoms with Crippen LogP contribution in [0.1, 0.15) is 68.1 Å². The number of phenols is 3. The molecule has 164 valence electrons. The maximum absolute atomic E-state index is 13.0. The van der Waals surface area contributed by atoms with Crippen molar-refractivity contribution in [1.29, 1.82) is 0 Å². The van der Waals surface area contributed by atoms with Gasteiger partial charge in [-0.25, -0.2) is 0 Å². The van der Waals surface area contributed by atoms with Crippen LogP contribution >= 0.6 is 0 Å². The molecule has 0 fully saturated rings. The molecule has 0 saturated carbocycles. The highest BCUT2D eigenvalue weighted by molar-refractivity contribution is 6.03. The van der Waals surface area contributed by atoms with E-state index in [1.807, 2.05) is 13.8 Å². The maximum atomic E-state index is 13.0. The van der Waals surface area contributed by atoms with Crippen molar-refractivity contribution in [2.75, 3.05) is 0 Å². The lowest BCUT2D eigenvalue weighted by molar-refractivity contribution is 0.0255. The van der Waals surface area contributed by atoms with E-state index in [-0.39, 0.29) is 52.2 Å². The van der Waals surface area contributed by atoms with Crippen molar-refractivity contribution in [3.63, 3.8) is 0 Å². The van der Waals surface area contributed by atoms with E-state index >= 15 is 0 Å². The van der Waals surface area contributed by atoms with Gasteiger partial charge in [0.2, 0.25) is 0 Å². The largest absolute Gasteiger partial charge is 0.507 e. The van der Waals surface area contributed by atoms with Crippen molar-refractivity contribution in [3.05, 3.63) is 52.6 Å². The number of Topliss-reactive ketones (excluding diaryl/α,β-unsaturated/α-hetero) is 1. The minimum absolute atomic E-state index is 0.0992. The second-order valence-corrected chi connectivity index (χ2v) is 9.14. The standard InChI is InChI=1S/C25H28O6/c1-13(2)8-9-14-10-15-20(31-25(14,3)4)11-18(28)23-19(29)12-21(30-24(15)23)22-16(26)6-5-7-17(22)27/h5-8,11,14,21,26-28H,9-10,12H2,1-4H3/t14-,21+/m0/s1. The lowest BCUT2D eigenvalue weighted by Gasteiger charge is -2.41. The molecule has 6 nitrogen and oxygen atoms in total. The van der Waals surface area contributed by atoms with Crippen molar-refractivity contribution in [1.82, 2.24) is 0 Å². The normalized spacial score (nSPS) is 21.4. The summed E-state index contributed by atoms with van der Waals surface area (Å²) in [4.78, 5) is 13.0. The highest BCUT2D eigenvalue weighted by atomic mass is 16.5. The lowest BCUT2D eigenvalue weighted by Crippen LogP contribution is -2.42. The second kappa shape index (κ2) is 7.52. The average Bonchev–Trinajstić information content (AvgIpc) is 2.65. The number of allylic oxidation sites excluding steroid dienone is 2. The van der Waals surface area contributed by atoms with Crippen LogP contribution < -0.4 is 9.47 Å². The number of phenolic OH excluding ortho intramolecular Hbond substituents is 3. The molecule has 0 amide bonds. The van der Waals surface area contributed by atoms with E-state index in [0.29, 0.717) is 12.2 Å². The van der Waals surface area contributed by atoms with E-state index in [4.69, 9.17) is 9.47 Å². The molecule has 0 unspecified atom stereocenters. The fraction of sp³-hybridized carbons (Fsp3) is 0.400. The fourth-order valence-corrected chi connectivity index (χ4v) is 4.44. The van der Waals surface area contributed by atoms with Crippen LogP contribution in [0.15, 0.2) is 35.9 Å². The van der Waals surface area contributed by atoms with Gasteiger partial charge in [-0.2, -0.15) is 0 Å². The molecule has 6 heteroatoms. The summed E-state index contributed by atoms with van der Waals surface area (Å²) in [5.74, 6) is 0.128. The minimum Gasteiger partial charge on any atom is -0.507 e. The molecule has 4 rings (SSSR count). The number of hydrogen-bond acceptors (Lipinski definition) is 6. The van der Waals surface area contributed by atoms with Crippen molar-refractivity contribution in [2.24, 2.45) is 5.92 Å². The Morgan fingerprint density at radius 1 is 1.13 bits per heavy atom. The minimum atomic E-state index is -0.863. The summed E-state index contributed by atoms with van der Waals surface area (Å²) >= 11 is 0. The molecule has 2 aliphatic rings. The first-order valence-corrected chi connectivity index (χ1v) is 10.5. The van der Waals surface area contributed by atoms with Crippen molar-refractivity contribution in [3.8, 4) is 28.7 Å². The summed E-state index contributed by atoms with van der Waals surface area (Å²) in [6.45, 7) is 8.14. The number of benzene rings is 2. The molecule has 2 atom stereocenters. The van der Waals surface area contributed by atoms with Gasteiger partial charge in [-0.3, -0.25) is 4.79 Å². The molecular weight excluding hydrogens is 396 g/mol. The number of aromatic hydroxyl groups is 3. The zero-order valence-electron chi connectivity index (χ0n) is 18.2. The molecule has 0 radical (unpaired) electrons. The van der Waals surface area contributed by atoms with Crippen LogP contribution in [0.5, 0.6) is 28.7 Å². The molecule has 2 aromatic carbocycles. The van der Waals surface area contributed by atoms with Gasteiger partial charge in [-0.1, -0.05) is 17.7 Å². The van der Waals surface area contributed by atoms with Gasteiger partial charge in [-0.05, 0) is 52.7 Å². The van der Waals surface area contributed by atoms with Gasteiger partial charge in [0, 0.05) is 17.5 Å². The molecule has 0 aromatic heterocycles. The number of ether oxygens (including phenoxy) is 2. The number of carbonyl (C=O) groups is 1. The Bertz CT molecular complexity index is 1060. The first-order chi connectivity index (χ1) is 14.6. The van der Waals surface area contributed by atoms with Crippen LogP contribution in [0.3, 0.4) is 0 Å². The smallest absolute Gasteiger partial charge is 0.174 e. The summed E-state index contributed by atoms with van der Waals surface area (Å²) < 4.78 is 12.4. The molecular formula is C25H28O6. The zero-order chi connectivity index (χ0) is 22.5. The van der Waals surface area contributed by atoms with Gasteiger partial charge >= 0.3 is 0 Å². The number of carbonyl (C=O) groups excluding carboxylic acids is 1. The van der Waals surface area contributed by atoms with Gasteiger partial charge in [0.1, 0.15) is 46.0 Å². The molecule has 2 heterocycles. The number of ketones is 1. The van der Waals surface area contributed by atoms with Crippen LogP contribution in [-0.2, 0) is 6.42 Å². The van der Waals surface area contributed by atoms with Crippen LogP contribution in [-0.4, -0.2) is 26.7 Å². The third kappa shape index (κ3) is 3.71. The predicted molar refractivity (Wildman–Crippen MR) is 116 cm³/mol. The fourth-order valence-electron chi connectivity index (χ4n) is 4.44. The number of fused-ring (bicyclic) bond motifs is 3. The van der Waals surface area contributed by atoms with Crippen LogP contribution in [0.4, 0.5) is 0 Å². The van der Waals surface area contributed by atoms with Crippen LogP contribution in [0, 0.1) is 5.92 Å². The molecule has 0 aliphatic carbocycles. The van der Waals surface area contributed by atoms with Crippen LogP contribution in [0.2, 0.25) is 0 Å². The molecule has 0 bridgehead atoms. The van der Waals surface area contributed by atoms with Crippen molar-refractivity contribution >= 4 is 5.78 Å². The second-order valence-electron chi connectivity index (χ2n) is 9.14. The topological polar surface area (TPSA) is 96.2 Å². The predicted octanol–water partition coefficient (Wildman–Crippen LogP) is 5.20. The van der Waals surface area contributed by atoms with E-state index in [1.165, 1.54) is 29.8 Å². The third-order valence-corrected chi connectivity index (χ3v) is 6.23. The SMILES string of the molecule is CC(C)=CC[C@H]1Cc2c(cc(O)c3c2O[C@@H](c2c(O)cccc2O)CC3=O)OC1(C)C. The summed E-state index contributed by atoms with van der Waals surface area (Å²) in [6.07, 6.45) is 2.63. The van der Waals surface area contributed by atoms with E-state index < -0.39 is 11.7 Å². The summed E-state index contributed by atoms with van der Waals surface area (Å²) in [6, 6.07) is 5.89. The Kier molecular flexibility index (Phi) is 5.12. The zero-order valence-corrected chi connectivity index (χ0v) is 18.2. The number of hydrogen-bond donors (Lipinski definition) is 3. The highest BCUT2D eigenvalue weighted by Crippen LogP contribution is 2.51. The van der Waals surface area contributed by atoms with Crippen molar-refractivity contribution < 1.29 is 29.6 Å². The number of rotatable bonds is 3. The Morgan fingerprint density at radius 3 is 2.45 bits per heavy atom. The van der Waals surface area contributed by atoms with Gasteiger partial charge in [-0.15, -0.1) is 0 Å². The Balaban J connectivity index is 1.80. The third-order valence-electron chi connectivity index (χ3n) is 6.23. The first kappa shape index (κ1) is 21.1. The van der Waals surface area contributed by atoms with Crippen LogP contribution in [0.25, 0.3) is 0 Å². The van der Waals surface area contributed by atoms with Gasteiger partial charge in [0.15, 0.2) is 5.78 Å². The van der Waals surface area contributed by atoms with E-state index in [2.05, 4.69) is 19.9 Å². The molecule has 0 saturated heterocycles. The van der Waals surface area contributed by atoms with E-state index in [0.717, 1.165) is 12.0 Å². The molecule has 2 aromatic rings. The van der Waals surface area contributed by atoms with Crippen molar-refractivity contribution in [2.45, 2.75) is 58.7 Å². The summed E-state index contributed by atoms with van der Waals surface area (Å²) in [5, 5.41) is 31.1. The highest BCUT2D eigenvalue weighted by Gasteiger charge is 2.42. The Labute approximate surface area is 181 Å². The average molecular weight is 424 g/mol. The lowest BCUT2D eigenvalue weighted by atomic mass is 9.78. The maximum Gasteiger partial charge on any atom is 0.174 e. The Hall–Kier alpha value is -3.15.